The maximum atomic E-state index is 12.3. The van der Waals surface area contributed by atoms with Crippen LogP contribution in [0.4, 0.5) is 0 Å². The van der Waals surface area contributed by atoms with E-state index in [0.717, 1.165) is 6.42 Å². The number of aliphatic hydroxyl groups is 1. The van der Waals surface area contributed by atoms with Gasteiger partial charge in [0.15, 0.2) is 0 Å². The van der Waals surface area contributed by atoms with Gasteiger partial charge in [-0.05, 0) is 31.4 Å². The van der Waals surface area contributed by atoms with Crippen LogP contribution in [0.5, 0.6) is 0 Å². The van der Waals surface area contributed by atoms with Crippen molar-refractivity contribution in [3.8, 4) is 0 Å². The largest absolute Gasteiger partial charge is 0.468 e. The number of rotatable bonds is 2. The quantitative estimate of drug-likeness (QED) is 0.832. The lowest BCUT2D eigenvalue weighted by Gasteiger charge is -2.43. The number of aliphatic hydroxyl groups excluding tert-OH is 1. The van der Waals surface area contributed by atoms with Gasteiger partial charge in [-0.2, -0.15) is 0 Å². The number of carbonyl (C=O) groups is 1. The number of piperidine rings is 1. The Kier molecular flexibility index (Phi) is 3.30. The van der Waals surface area contributed by atoms with Gasteiger partial charge in [0.2, 0.25) is 0 Å². The van der Waals surface area contributed by atoms with Crippen molar-refractivity contribution >= 4 is 5.97 Å². The topological polar surface area (TPSA) is 49.8 Å². The van der Waals surface area contributed by atoms with Gasteiger partial charge in [0.25, 0.3) is 0 Å². The molecule has 0 aliphatic carbocycles. The fraction of sp³-hybridized carbons (Fsp3) is 0.562. The van der Waals surface area contributed by atoms with Crippen LogP contribution in [0, 0.1) is 0 Å². The third kappa shape index (κ3) is 1.86. The van der Waals surface area contributed by atoms with Crippen LogP contribution in [0.1, 0.15) is 30.7 Å². The van der Waals surface area contributed by atoms with E-state index < -0.39 is 11.6 Å². The minimum Gasteiger partial charge on any atom is -0.468 e. The van der Waals surface area contributed by atoms with Gasteiger partial charge in [-0.25, -0.2) is 0 Å². The Bertz CT molecular complexity index is 504. The van der Waals surface area contributed by atoms with Crippen molar-refractivity contribution in [1.82, 2.24) is 4.90 Å². The molecule has 1 N–H and O–H groups in total. The summed E-state index contributed by atoms with van der Waals surface area (Å²) in [7, 11) is 3.36. The number of esters is 1. The second kappa shape index (κ2) is 4.86. The van der Waals surface area contributed by atoms with Crippen LogP contribution in [-0.2, 0) is 9.53 Å². The molecule has 2 saturated heterocycles. The van der Waals surface area contributed by atoms with Crippen molar-refractivity contribution in [2.24, 2.45) is 0 Å². The summed E-state index contributed by atoms with van der Waals surface area (Å²) in [5.41, 5.74) is 0.574. The highest BCUT2D eigenvalue weighted by atomic mass is 16.5. The SMILES string of the molecule is COC(=O)C12C[C@H](c3ccccc3)CC([C@@H](O)C1)N2C. The van der Waals surface area contributed by atoms with E-state index in [0.29, 0.717) is 18.8 Å². The molecule has 0 radical (unpaired) electrons. The normalized spacial score (nSPS) is 36.9. The van der Waals surface area contributed by atoms with Crippen molar-refractivity contribution in [3.63, 3.8) is 0 Å². The van der Waals surface area contributed by atoms with E-state index in [1.54, 1.807) is 0 Å². The molecule has 0 saturated carbocycles. The maximum absolute atomic E-state index is 12.3. The van der Waals surface area contributed by atoms with Crippen LogP contribution in [0.25, 0.3) is 0 Å². The minimum absolute atomic E-state index is 0.0352. The highest BCUT2D eigenvalue weighted by molar-refractivity contribution is 5.82. The predicted molar refractivity (Wildman–Crippen MR) is 75.3 cm³/mol. The molecule has 2 heterocycles. The lowest BCUT2D eigenvalue weighted by atomic mass is 9.78. The fourth-order valence-corrected chi connectivity index (χ4v) is 4.01. The third-order valence-corrected chi connectivity index (χ3v) is 5.11. The highest BCUT2D eigenvalue weighted by Gasteiger charge is 2.59. The Hall–Kier alpha value is -1.39. The molecule has 2 aliphatic rings. The molecule has 2 unspecified atom stereocenters. The number of fused-ring (bicyclic) bond motifs is 2. The number of likely N-dealkylation sites (N-methyl/N-ethyl adjacent to an activating group) is 1. The van der Waals surface area contributed by atoms with Gasteiger partial charge < -0.3 is 9.84 Å². The Morgan fingerprint density at radius 1 is 1.35 bits per heavy atom. The first kappa shape index (κ1) is 13.6. The Morgan fingerprint density at radius 3 is 2.70 bits per heavy atom. The van der Waals surface area contributed by atoms with Gasteiger partial charge in [0.05, 0.1) is 13.2 Å². The molecule has 2 fully saturated rings. The molecule has 4 heteroatoms. The standard InChI is InChI=1S/C16H21NO3/c1-17-13-8-12(11-6-4-3-5-7-11)9-16(17,10-14(13)18)15(19)20-2/h3-7,12-14,18H,8-10H2,1-2H3/t12-,13?,14+,16?/m1/s1. The Balaban J connectivity index is 1.96. The second-order valence-electron chi connectivity index (χ2n) is 6.02. The predicted octanol–water partition coefficient (Wildman–Crippen LogP) is 1.54. The molecule has 0 spiro atoms. The average Bonchev–Trinajstić information content (AvgIpc) is 2.63. The monoisotopic (exact) mass is 275 g/mol. The van der Waals surface area contributed by atoms with Gasteiger partial charge in [-0.3, -0.25) is 9.69 Å². The summed E-state index contributed by atoms with van der Waals surface area (Å²) in [6.07, 6.45) is 1.63. The molecular weight excluding hydrogens is 254 g/mol. The summed E-state index contributed by atoms with van der Waals surface area (Å²) >= 11 is 0. The first-order valence-corrected chi connectivity index (χ1v) is 7.13. The smallest absolute Gasteiger partial charge is 0.326 e. The van der Waals surface area contributed by atoms with E-state index in [2.05, 4.69) is 12.1 Å². The number of carbonyl (C=O) groups excluding carboxylic acids is 1. The summed E-state index contributed by atoms with van der Waals surface area (Å²) in [5.74, 6) is 0.0795. The van der Waals surface area contributed by atoms with Crippen LogP contribution in [0.2, 0.25) is 0 Å². The number of hydrogen-bond acceptors (Lipinski definition) is 4. The van der Waals surface area contributed by atoms with Crippen LogP contribution < -0.4 is 0 Å². The number of methoxy groups -OCH3 is 1. The van der Waals surface area contributed by atoms with Crippen molar-refractivity contribution in [2.75, 3.05) is 14.2 Å². The van der Waals surface area contributed by atoms with E-state index in [9.17, 15) is 9.90 Å². The fourth-order valence-electron chi connectivity index (χ4n) is 4.01. The molecule has 4 nitrogen and oxygen atoms in total. The summed E-state index contributed by atoms with van der Waals surface area (Å²) in [4.78, 5) is 14.3. The van der Waals surface area contributed by atoms with Crippen LogP contribution in [0.3, 0.4) is 0 Å². The highest BCUT2D eigenvalue weighted by Crippen LogP contribution is 2.49. The summed E-state index contributed by atoms with van der Waals surface area (Å²) < 4.78 is 5.02. The van der Waals surface area contributed by atoms with Crippen molar-refractivity contribution in [1.29, 1.82) is 0 Å². The molecule has 1 aromatic rings. The van der Waals surface area contributed by atoms with E-state index >= 15 is 0 Å². The third-order valence-electron chi connectivity index (χ3n) is 5.11. The zero-order chi connectivity index (χ0) is 14.3. The van der Waals surface area contributed by atoms with Crippen molar-refractivity contribution in [2.45, 2.75) is 42.9 Å². The van der Waals surface area contributed by atoms with Gasteiger partial charge in [-0.1, -0.05) is 30.3 Å². The number of ether oxygens (including phenoxy) is 1. The van der Waals surface area contributed by atoms with E-state index in [-0.39, 0.29) is 12.0 Å². The van der Waals surface area contributed by atoms with E-state index in [4.69, 9.17) is 4.74 Å². The lowest BCUT2D eigenvalue weighted by Crippen LogP contribution is -2.55. The van der Waals surface area contributed by atoms with Crippen LogP contribution >= 0.6 is 0 Å². The zero-order valence-electron chi connectivity index (χ0n) is 12.0. The molecular formula is C16H21NO3. The van der Waals surface area contributed by atoms with Gasteiger partial charge in [0, 0.05) is 12.5 Å². The van der Waals surface area contributed by atoms with Crippen molar-refractivity contribution in [3.05, 3.63) is 35.9 Å². The molecule has 20 heavy (non-hydrogen) atoms. The Labute approximate surface area is 119 Å². The van der Waals surface area contributed by atoms with Gasteiger partial charge in [0.1, 0.15) is 5.54 Å². The average molecular weight is 275 g/mol. The van der Waals surface area contributed by atoms with Crippen LogP contribution in [-0.4, -0.2) is 47.8 Å². The van der Waals surface area contributed by atoms with Crippen LogP contribution in [0.15, 0.2) is 30.3 Å². The molecule has 0 amide bonds. The molecule has 108 valence electrons. The Morgan fingerprint density at radius 2 is 2.05 bits per heavy atom. The van der Waals surface area contributed by atoms with Gasteiger partial charge in [-0.15, -0.1) is 0 Å². The summed E-state index contributed by atoms with van der Waals surface area (Å²) in [6, 6.07) is 10.3. The first-order chi connectivity index (χ1) is 9.58. The molecule has 1 aromatic carbocycles. The summed E-state index contributed by atoms with van der Waals surface area (Å²) in [5, 5.41) is 10.3. The summed E-state index contributed by atoms with van der Waals surface area (Å²) in [6.45, 7) is 0. The molecule has 4 atom stereocenters. The first-order valence-electron chi connectivity index (χ1n) is 7.13. The molecule has 0 aromatic heterocycles. The number of hydrogen-bond donors (Lipinski definition) is 1. The lowest BCUT2D eigenvalue weighted by molar-refractivity contribution is -0.156. The number of benzene rings is 1. The van der Waals surface area contributed by atoms with Crippen molar-refractivity contribution < 1.29 is 14.6 Å². The second-order valence-corrected chi connectivity index (χ2v) is 6.02. The molecule has 2 bridgehead atoms. The van der Waals surface area contributed by atoms with E-state index in [1.165, 1.54) is 12.7 Å². The molecule has 2 aliphatic heterocycles. The van der Waals surface area contributed by atoms with E-state index in [1.807, 2.05) is 30.1 Å². The van der Waals surface area contributed by atoms with Gasteiger partial charge >= 0.3 is 5.97 Å². The maximum Gasteiger partial charge on any atom is 0.326 e. The number of nitrogens with zero attached hydrogens (tertiary/aromatic N) is 1. The minimum atomic E-state index is -0.669. The zero-order valence-corrected chi connectivity index (χ0v) is 12.0. The molecule has 3 rings (SSSR count).